The van der Waals surface area contributed by atoms with E-state index in [4.69, 9.17) is 18.6 Å². The maximum absolute atomic E-state index is 12.4. The van der Waals surface area contributed by atoms with Crippen LogP contribution in [0.15, 0.2) is 52.0 Å². The number of ketones is 1. The lowest BCUT2D eigenvalue weighted by Gasteiger charge is -2.17. The molecule has 1 aromatic heterocycles. The molecule has 3 rings (SSSR count). The number of carbonyl (C=O) groups excluding carboxylic acids is 1. The monoisotopic (exact) mass is 418 g/mol. The Bertz CT molecular complexity index is 1110. The third-order valence-corrected chi connectivity index (χ3v) is 6.26. The predicted octanol–water partition coefficient (Wildman–Crippen LogP) is 3.90. The summed E-state index contributed by atoms with van der Waals surface area (Å²) in [7, 11) is -0.517. The molecule has 0 unspecified atom stereocenters. The average Bonchev–Trinajstić information content (AvgIpc) is 3.19. The minimum Gasteiger partial charge on any atom is -0.495 e. The van der Waals surface area contributed by atoms with E-state index in [-0.39, 0.29) is 46.5 Å². The summed E-state index contributed by atoms with van der Waals surface area (Å²) in [5, 5.41) is 0.591. The second-order valence-electron chi connectivity index (χ2n) is 6.32. The van der Waals surface area contributed by atoms with Gasteiger partial charge in [-0.25, -0.2) is 8.42 Å². The number of hydrogen-bond donors (Lipinski definition) is 0. The molecule has 0 saturated carbocycles. The van der Waals surface area contributed by atoms with Crippen LogP contribution >= 0.6 is 0 Å². The SMILES string of the molecule is COc1c(C(C)=O)c(OCCCS(=O)(=O)c2ccccc2)c(OC)c2occc12. The predicted molar refractivity (Wildman–Crippen MR) is 108 cm³/mol. The number of fused-ring (bicyclic) bond motifs is 1. The molecule has 154 valence electrons. The summed E-state index contributed by atoms with van der Waals surface area (Å²) >= 11 is 0. The number of carbonyl (C=O) groups is 1. The van der Waals surface area contributed by atoms with Crippen LogP contribution in [0, 0.1) is 0 Å². The van der Waals surface area contributed by atoms with Crippen molar-refractivity contribution in [2.24, 2.45) is 0 Å². The molecular weight excluding hydrogens is 396 g/mol. The van der Waals surface area contributed by atoms with E-state index in [0.29, 0.717) is 16.7 Å². The summed E-state index contributed by atoms with van der Waals surface area (Å²) in [6.45, 7) is 1.47. The maximum atomic E-state index is 12.4. The van der Waals surface area contributed by atoms with Crippen LogP contribution < -0.4 is 14.2 Å². The van der Waals surface area contributed by atoms with Crippen LogP contribution in [0.3, 0.4) is 0 Å². The highest BCUT2D eigenvalue weighted by atomic mass is 32.2. The first-order chi connectivity index (χ1) is 13.9. The Balaban J connectivity index is 1.86. The molecule has 0 atom stereocenters. The number of Topliss-reactive ketones (excluding diaryl/α,β-unsaturated/α-hetero) is 1. The van der Waals surface area contributed by atoms with Gasteiger partial charge in [-0.15, -0.1) is 0 Å². The molecule has 0 saturated heterocycles. The Kier molecular flexibility index (Phi) is 6.12. The fourth-order valence-electron chi connectivity index (χ4n) is 3.14. The van der Waals surface area contributed by atoms with Gasteiger partial charge in [0.15, 0.2) is 27.0 Å². The van der Waals surface area contributed by atoms with Gasteiger partial charge in [0.1, 0.15) is 11.3 Å². The van der Waals surface area contributed by atoms with E-state index in [1.54, 1.807) is 36.4 Å². The van der Waals surface area contributed by atoms with Crippen molar-refractivity contribution < 1.29 is 31.8 Å². The van der Waals surface area contributed by atoms with Crippen molar-refractivity contribution >= 4 is 26.6 Å². The summed E-state index contributed by atoms with van der Waals surface area (Å²) in [5.41, 5.74) is 0.616. The highest BCUT2D eigenvalue weighted by molar-refractivity contribution is 7.91. The van der Waals surface area contributed by atoms with E-state index in [9.17, 15) is 13.2 Å². The quantitative estimate of drug-likeness (QED) is 0.384. The lowest BCUT2D eigenvalue weighted by atomic mass is 10.0. The third kappa shape index (κ3) is 4.07. The molecule has 0 bridgehead atoms. The van der Waals surface area contributed by atoms with Gasteiger partial charge < -0.3 is 18.6 Å². The van der Waals surface area contributed by atoms with Crippen LogP contribution in [0.2, 0.25) is 0 Å². The molecule has 0 aliphatic heterocycles. The highest BCUT2D eigenvalue weighted by Gasteiger charge is 2.27. The Hall–Kier alpha value is -3.00. The first-order valence-electron chi connectivity index (χ1n) is 8.97. The summed E-state index contributed by atoms with van der Waals surface area (Å²) in [4.78, 5) is 12.6. The second-order valence-corrected chi connectivity index (χ2v) is 8.43. The van der Waals surface area contributed by atoms with Gasteiger partial charge in [-0.1, -0.05) is 18.2 Å². The molecule has 2 aromatic carbocycles. The lowest BCUT2D eigenvalue weighted by Crippen LogP contribution is -2.12. The Labute approximate surface area is 169 Å². The third-order valence-electron chi connectivity index (χ3n) is 4.44. The fourth-order valence-corrected chi connectivity index (χ4v) is 4.45. The number of methoxy groups -OCH3 is 2. The molecule has 7 nitrogen and oxygen atoms in total. The zero-order valence-corrected chi connectivity index (χ0v) is 17.2. The van der Waals surface area contributed by atoms with Crippen LogP contribution in [0.4, 0.5) is 0 Å². The molecule has 0 N–H and O–H groups in total. The fraction of sp³-hybridized carbons (Fsp3) is 0.286. The van der Waals surface area contributed by atoms with Crippen LogP contribution in [0.25, 0.3) is 11.0 Å². The minimum atomic E-state index is -3.42. The van der Waals surface area contributed by atoms with Crippen molar-refractivity contribution in [1.29, 1.82) is 0 Å². The van der Waals surface area contributed by atoms with Crippen LogP contribution in [0.5, 0.6) is 17.2 Å². The van der Waals surface area contributed by atoms with Crippen molar-refractivity contribution in [3.63, 3.8) is 0 Å². The molecule has 0 spiro atoms. The van der Waals surface area contributed by atoms with Crippen molar-refractivity contribution in [3.05, 3.63) is 48.2 Å². The van der Waals surface area contributed by atoms with Crippen LogP contribution in [0.1, 0.15) is 23.7 Å². The molecule has 0 amide bonds. The molecule has 0 aliphatic carbocycles. The summed E-state index contributed by atoms with van der Waals surface area (Å²) in [6.07, 6.45) is 1.70. The zero-order chi connectivity index (χ0) is 21.0. The molecule has 0 fully saturated rings. The van der Waals surface area contributed by atoms with E-state index < -0.39 is 9.84 Å². The number of sulfone groups is 1. The van der Waals surface area contributed by atoms with Crippen molar-refractivity contribution in [2.75, 3.05) is 26.6 Å². The zero-order valence-electron chi connectivity index (χ0n) is 16.4. The number of ether oxygens (including phenoxy) is 3. The lowest BCUT2D eigenvalue weighted by molar-refractivity contribution is 0.101. The van der Waals surface area contributed by atoms with Gasteiger partial charge in [-0.05, 0) is 31.5 Å². The number of rotatable bonds is 9. The molecule has 8 heteroatoms. The van der Waals surface area contributed by atoms with Crippen molar-refractivity contribution in [1.82, 2.24) is 0 Å². The molecule has 1 heterocycles. The van der Waals surface area contributed by atoms with E-state index >= 15 is 0 Å². The summed E-state index contributed by atoms with van der Waals surface area (Å²) in [5.74, 6) is 0.414. The maximum Gasteiger partial charge on any atom is 0.205 e. The van der Waals surface area contributed by atoms with Gasteiger partial charge in [-0.3, -0.25) is 4.79 Å². The van der Waals surface area contributed by atoms with E-state index in [1.165, 1.54) is 27.4 Å². The highest BCUT2D eigenvalue weighted by Crippen LogP contribution is 2.46. The molecular formula is C21H22O7S. The molecule has 29 heavy (non-hydrogen) atoms. The topological polar surface area (TPSA) is 92.0 Å². The number of furan rings is 1. The molecule has 0 radical (unpaired) electrons. The number of benzene rings is 2. The standard InChI is InChI=1S/C21H22O7S/c1-14(22)17-18(25-2)16-10-12-28-19(16)21(26-3)20(17)27-11-7-13-29(23,24)15-8-5-4-6-9-15/h4-6,8-10,12H,7,11,13H2,1-3H3. The second kappa shape index (κ2) is 8.57. The minimum absolute atomic E-state index is 0.0675. The van der Waals surface area contributed by atoms with Crippen molar-refractivity contribution in [3.8, 4) is 17.2 Å². The Morgan fingerprint density at radius 3 is 2.31 bits per heavy atom. The van der Waals surface area contributed by atoms with Gasteiger partial charge in [-0.2, -0.15) is 0 Å². The molecule has 0 aliphatic rings. The van der Waals surface area contributed by atoms with Crippen LogP contribution in [-0.4, -0.2) is 40.8 Å². The number of hydrogen-bond acceptors (Lipinski definition) is 7. The van der Waals surface area contributed by atoms with E-state index in [1.807, 2.05) is 0 Å². The Morgan fingerprint density at radius 2 is 1.69 bits per heavy atom. The van der Waals surface area contributed by atoms with Gasteiger partial charge in [0.25, 0.3) is 0 Å². The first-order valence-corrected chi connectivity index (χ1v) is 10.6. The molecule has 3 aromatic rings. The van der Waals surface area contributed by atoms with Gasteiger partial charge in [0.05, 0.1) is 43.1 Å². The van der Waals surface area contributed by atoms with E-state index in [0.717, 1.165) is 0 Å². The van der Waals surface area contributed by atoms with E-state index in [2.05, 4.69) is 0 Å². The smallest absolute Gasteiger partial charge is 0.205 e. The summed E-state index contributed by atoms with van der Waals surface area (Å²) < 4.78 is 47.0. The average molecular weight is 418 g/mol. The first kappa shape index (κ1) is 20.7. The largest absolute Gasteiger partial charge is 0.495 e. The van der Waals surface area contributed by atoms with Gasteiger partial charge in [0.2, 0.25) is 5.75 Å². The van der Waals surface area contributed by atoms with Gasteiger partial charge >= 0.3 is 0 Å². The Morgan fingerprint density at radius 1 is 1.00 bits per heavy atom. The summed E-state index contributed by atoms with van der Waals surface area (Å²) in [6, 6.07) is 9.91. The van der Waals surface area contributed by atoms with Gasteiger partial charge in [0, 0.05) is 0 Å². The van der Waals surface area contributed by atoms with Crippen LogP contribution in [-0.2, 0) is 9.84 Å². The normalized spacial score (nSPS) is 11.4. The van der Waals surface area contributed by atoms with Crippen molar-refractivity contribution in [2.45, 2.75) is 18.2 Å².